The molecule has 1 amide bonds. The van der Waals surface area contributed by atoms with Crippen LogP contribution in [0.3, 0.4) is 0 Å². The first-order valence-corrected chi connectivity index (χ1v) is 9.78. The van der Waals surface area contributed by atoms with Gasteiger partial charge in [0.15, 0.2) is 0 Å². The molecule has 0 aliphatic carbocycles. The van der Waals surface area contributed by atoms with Crippen LogP contribution < -0.4 is 10.9 Å². The van der Waals surface area contributed by atoms with Crippen molar-refractivity contribution in [3.05, 3.63) is 99.3 Å². The molecule has 7 heteroatoms. The van der Waals surface area contributed by atoms with Gasteiger partial charge in [-0.2, -0.15) is 0 Å². The highest BCUT2D eigenvalue weighted by Crippen LogP contribution is 2.19. The number of carbonyl (C=O) groups excluding carboxylic acids is 1. The van der Waals surface area contributed by atoms with Crippen molar-refractivity contribution in [2.75, 3.05) is 5.32 Å². The SMILES string of the molecule is Cc1ccccc1Cn1ccc2ccn(CC(=O)Nc3ccc(F)c(Cl)c3)c(=O)c21. The maximum absolute atomic E-state index is 13.3. The van der Waals surface area contributed by atoms with E-state index < -0.39 is 11.7 Å². The van der Waals surface area contributed by atoms with Gasteiger partial charge in [-0.1, -0.05) is 35.9 Å². The molecule has 0 fully saturated rings. The molecule has 4 aromatic rings. The molecule has 2 aromatic carbocycles. The lowest BCUT2D eigenvalue weighted by molar-refractivity contribution is -0.116. The standard InChI is InChI=1S/C23H19ClFN3O2/c1-15-4-2-3-5-17(15)13-27-10-8-16-9-11-28(23(30)22(16)27)14-21(29)26-18-6-7-20(25)19(24)12-18/h2-12H,13-14H2,1H3,(H,26,29). The number of fused-ring (bicyclic) bond motifs is 1. The number of hydrogen-bond acceptors (Lipinski definition) is 2. The summed E-state index contributed by atoms with van der Waals surface area (Å²) >= 11 is 5.75. The van der Waals surface area contributed by atoms with Gasteiger partial charge in [-0.05, 0) is 48.4 Å². The van der Waals surface area contributed by atoms with Gasteiger partial charge in [0.25, 0.3) is 5.56 Å². The second kappa shape index (κ2) is 8.16. The number of halogens is 2. The molecule has 2 heterocycles. The number of nitrogens with zero attached hydrogens (tertiary/aromatic N) is 2. The quantitative estimate of drug-likeness (QED) is 0.510. The van der Waals surface area contributed by atoms with E-state index in [0.29, 0.717) is 17.7 Å². The maximum atomic E-state index is 13.3. The van der Waals surface area contributed by atoms with E-state index in [1.807, 2.05) is 54.1 Å². The van der Waals surface area contributed by atoms with E-state index in [1.165, 1.54) is 22.8 Å². The van der Waals surface area contributed by atoms with Crippen LogP contribution in [-0.2, 0) is 17.9 Å². The maximum Gasteiger partial charge on any atom is 0.275 e. The molecule has 5 nitrogen and oxygen atoms in total. The second-order valence-corrected chi connectivity index (χ2v) is 7.51. The summed E-state index contributed by atoms with van der Waals surface area (Å²) in [5, 5.41) is 3.37. The van der Waals surface area contributed by atoms with Gasteiger partial charge in [-0.15, -0.1) is 0 Å². The molecule has 0 atom stereocenters. The van der Waals surface area contributed by atoms with Crippen LogP contribution in [-0.4, -0.2) is 15.0 Å². The molecular formula is C23H19ClFN3O2. The molecule has 2 aromatic heterocycles. The summed E-state index contributed by atoms with van der Waals surface area (Å²) in [7, 11) is 0. The van der Waals surface area contributed by atoms with Gasteiger partial charge in [-0.25, -0.2) is 4.39 Å². The second-order valence-electron chi connectivity index (χ2n) is 7.10. The molecule has 0 aliphatic heterocycles. The number of anilines is 1. The summed E-state index contributed by atoms with van der Waals surface area (Å²) in [5.74, 6) is -0.970. The Morgan fingerprint density at radius 1 is 1.07 bits per heavy atom. The molecule has 1 N–H and O–H groups in total. The van der Waals surface area contributed by atoms with Gasteiger partial charge in [-0.3, -0.25) is 9.59 Å². The summed E-state index contributed by atoms with van der Waals surface area (Å²) in [6.45, 7) is 2.43. The van der Waals surface area contributed by atoms with Gasteiger partial charge in [0.1, 0.15) is 17.9 Å². The van der Waals surface area contributed by atoms with Crippen LogP contribution in [0.2, 0.25) is 5.02 Å². The van der Waals surface area contributed by atoms with Crippen molar-refractivity contribution in [1.82, 2.24) is 9.13 Å². The van der Waals surface area contributed by atoms with Gasteiger partial charge in [0.05, 0.1) is 5.02 Å². The summed E-state index contributed by atoms with van der Waals surface area (Å²) in [5.41, 5.74) is 2.92. The molecule has 0 unspecified atom stereocenters. The summed E-state index contributed by atoms with van der Waals surface area (Å²) < 4.78 is 16.5. The molecule has 4 rings (SSSR count). The molecule has 152 valence electrons. The number of aryl methyl sites for hydroxylation is 1. The van der Waals surface area contributed by atoms with Crippen LogP contribution in [0.4, 0.5) is 10.1 Å². The third-order valence-electron chi connectivity index (χ3n) is 5.01. The van der Waals surface area contributed by atoms with Crippen LogP contribution in [0.5, 0.6) is 0 Å². The van der Waals surface area contributed by atoms with Gasteiger partial charge in [0, 0.05) is 30.0 Å². The monoisotopic (exact) mass is 423 g/mol. The smallest absolute Gasteiger partial charge is 0.275 e. The number of aromatic nitrogens is 2. The minimum atomic E-state index is -0.564. The van der Waals surface area contributed by atoms with E-state index in [0.717, 1.165) is 16.5 Å². The lowest BCUT2D eigenvalue weighted by atomic mass is 10.1. The van der Waals surface area contributed by atoms with Crippen molar-refractivity contribution in [3.8, 4) is 0 Å². The van der Waals surface area contributed by atoms with Gasteiger partial charge >= 0.3 is 0 Å². The number of hydrogen-bond donors (Lipinski definition) is 1. The van der Waals surface area contributed by atoms with Crippen molar-refractivity contribution in [3.63, 3.8) is 0 Å². The number of carbonyl (C=O) groups is 1. The lowest BCUT2D eigenvalue weighted by Gasteiger charge is -2.11. The van der Waals surface area contributed by atoms with E-state index in [4.69, 9.17) is 11.6 Å². The summed E-state index contributed by atoms with van der Waals surface area (Å²) in [6.07, 6.45) is 3.48. The number of benzene rings is 2. The predicted molar refractivity (Wildman–Crippen MR) is 117 cm³/mol. The van der Waals surface area contributed by atoms with Crippen LogP contribution in [0.1, 0.15) is 11.1 Å². The zero-order valence-corrected chi connectivity index (χ0v) is 17.0. The first kappa shape index (κ1) is 19.9. The first-order valence-electron chi connectivity index (χ1n) is 9.40. The molecule has 0 saturated carbocycles. The minimum Gasteiger partial charge on any atom is -0.339 e. The average Bonchev–Trinajstić information content (AvgIpc) is 3.12. The molecule has 0 aliphatic rings. The number of pyridine rings is 1. The third-order valence-corrected chi connectivity index (χ3v) is 5.30. The van der Waals surface area contributed by atoms with E-state index in [9.17, 15) is 14.0 Å². The fourth-order valence-electron chi connectivity index (χ4n) is 3.40. The Morgan fingerprint density at radius 2 is 1.80 bits per heavy atom. The molecular weight excluding hydrogens is 405 g/mol. The molecule has 0 bridgehead atoms. The van der Waals surface area contributed by atoms with Crippen molar-refractivity contribution in [2.45, 2.75) is 20.0 Å². The minimum absolute atomic E-state index is 0.0829. The number of rotatable bonds is 5. The average molecular weight is 424 g/mol. The van der Waals surface area contributed by atoms with Gasteiger partial charge in [0.2, 0.25) is 5.91 Å². The Kier molecular flexibility index (Phi) is 5.42. The molecule has 0 radical (unpaired) electrons. The Bertz CT molecular complexity index is 1310. The third kappa shape index (κ3) is 4.00. The van der Waals surface area contributed by atoms with Crippen LogP contribution in [0.25, 0.3) is 10.9 Å². The van der Waals surface area contributed by atoms with Crippen molar-refractivity contribution in [1.29, 1.82) is 0 Å². The number of amides is 1. The lowest BCUT2D eigenvalue weighted by Crippen LogP contribution is -2.28. The van der Waals surface area contributed by atoms with Gasteiger partial charge < -0.3 is 14.5 Å². The predicted octanol–water partition coefficient (Wildman–Crippen LogP) is 4.59. The first-order chi connectivity index (χ1) is 14.4. The topological polar surface area (TPSA) is 56.0 Å². The van der Waals surface area contributed by atoms with Crippen molar-refractivity contribution >= 4 is 34.1 Å². The Labute approximate surface area is 177 Å². The molecule has 0 spiro atoms. The zero-order valence-electron chi connectivity index (χ0n) is 16.2. The highest BCUT2D eigenvalue weighted by atomic mass is 35.5. The normalized spacial score (nSPS) is 11.0. The molecule has 0 saturated heterocycles. The van der Waals surface area contributed by atoms with Crippen LogP contribution in [0, 0.1) is 12.7 Å². The fourth-order valence-corrected chi connectivity index (χ4v) is 3.58. The Balaban J connectivity index is 1.60. The van der Waals surface area contributed by atoms with Crippen LogP contribution >= 0.6 is 11.6 Å². The largest absolute Gasteiger partial charge is 0.339 e. The van der Waals surface area contributed by atoms with E-state index >= 15 is 0 Å². The van der Waals surface area contributed by atoms with E-state index in [2.05, 4.69) is 5.32 Å². The van der Waals surface area contributed by atoms with Crippen LogP contribution in [0.15, 0.2) is 71.8 Å². The number of nitrogens with one attached hydrogen (secondary N) is 1. The van der Waals surface area contributed by atoms with E-state index in [1.54, 1.807) is 6.20 Å². The Hall–Kier alpha value is -3.38. The summed E-state index contributed by atoms with van der Waals surface area (Å²) in [4.78, 5) is 25.5. The highest BCUT2D eigenvalue weighted by molar-refractivity contribution is 6.31. The van der Waals surface area contributed by atoms with Crippen molar-refractivity contribution in [2.24, 2.45) is 0 Å². The van der Waals surface area contributed by atoms with Crippen molar-refractivity contribution < 1.29 is 9.18 Å². The van der Waals surface area contributed by atoms with E-state index in [-0.39, 0.29) is 17.1 Å². The Morgan fingerprint density at radius 3 is 2.53 bits per heavy atom. The fraction of sp³-hybridized carbons (Fsp3) is 0.130. The molecule has 30 heavy (non-hydrogen) atoms. The summed E-state index contributed by atoms with van der Waals surface area (Å²) in [6, 6.07) is 15.6. The zero-order chi connectivity index (χ0) is 21.3. The highest BCUT2D eigenvalue weighted by Gasteiger charge is 2.12.